The Labute approximate surface area is 173 Å². The van der Waals surface area contributed by atoms with E-state index < -0.39 is 14.9 Å². The molecule has 3 rings (SSSR count). The topological polar surface area (TPSA) is 132 Å². The van der Waals surface area contributed by atoms with E-state index in [-0.39, 0.29) is 10.6 Å². The summed E-state index contributed by atoms with van der Waals surface area (Å²) in [5, 5.41) is 25.6. The van der Waals surface area contributed by atoms with E-state index in [1.54, 1.807) is 30.3 Å². The van der Waals surface area contributed by atoms with Crippen LogP contribution in [0.3, 0.4) is 0 Å². The Balaban J connectivity index is 2.02. The van der Waals surface area contributed by atoms with Crippen molar-refractivity contribution >= 4 is 27.4 Å². The van der Waals surface area contributed by atoms with E-state index in [2.05, 4.69) is 6.07 Å². The van der Waals surface area contributed by atoms with Gasteiger partial charge in [0.05, 0.1) is 21.5 Å². The molecule has 0 spiro atoms. The van der Waals surface area contributed by atoms with Gasteiger partial charge in [-0.3, -0.25) is 10.1 Å². The van der Waals surface area contributed by atoms with Crippen molar-refractivity contribution in [2.45, 2.75) is 18.7 Å². The molecule has 2 N–H and O–H groups in total. The van der Waals surface area contributed by atoms with Crippen LogP contribution in [0.25, 0.3) is 17.3 Å². The molecular formula is C21H18N4O4S. The number of allylic oxidation sites excluding steroid dienone is 1. The number of benzene rings is 2. The maximum atomic E-state index is 11.5. The zero-order valence-electron chi connectivity index (χ0n) is 16.2. The van der Waals surface area contributed by atoms with E-state index in [1.807, 2.05) is 24.5 Å². The highest BCUT2D eigenvalue weighted by Crippen LogP contribution is 2.26. The molecule has 0 aliphatic carbocycles. The van der Waals surface area contributed by atoms with Gasteiger partial charge in [0.2, 0.25) is 10.0 Å². The maximum absolute atomic E-state index is 11.5. The monoisotopic (exact) mass is 422 g/mol. The summed E-state index contributed by atoms with van der Waals surface area (Å²) in [6, 6.07) is 16.0. The maximum Gasteiger partial charge on any atom is 0.269 e. The molecule has 1 heterocycles. The fraction of sp³-hybridized carbons (Fsp3) is 0.0952. The Hall–Kier alpha value is -3.74. The van der Waals surface area contributed by atoms with Crippen molar-refractivity contribution < 1.29 is 13.3 Å². The van der Waals surface area contributed by atoms with Crippen molar-refractivity contribution in [2.75, 3.05) is 0 Å². The van der Waals surface area contributed by atoms with E-state index in [9.17, 15) is 23.8 Å². The average Bonchev–Trinajstić information content (AvgIpc) is 2.98. The lowest BCUT2D eigenvalue weighted by molar-refractivity contribution is -0.384. The quantitative estimate of drug-likeness (QED) is 0.380. The van der Waals surface area contributed by atoms with Crippen LogP contribution in [0.5, 0.6) is 0 Å². The molecule has 0 radical (unpaired) electrons. The van der Waals surface area contributed by atoms with Crippen molar-refractivity contribution in [1.29, 1.82) is 5.26 Å². The fourth-order valence-electron chi connectivity index (χ4n) is 3.21. The molecule has 0 fully saturated rings. The van der Waals surface area contributed by atoms with Gasteiger partial charge in [-0.05, 0) is 73.5 Å². The van der Waals surface area contributed by atoms with Crippen LogP contribution >= 0.6 is 0 Å². The first kappa shape index (κ1) is 21.0. The van der Waals surface area contributed by atoms with Gasteiger partial charge >= 0.3 is 0 Å². The summed E-state index contributed by atoms with van der Waals surface area (Å²) in [6.45, 7) is 3.78. The number of hydrogen-bond acceptors (Lipinski definition) is 5. The molecule has 0 aliphatic rings. The van der Waals surface area contributed by atoms with Gasteiger partial charge in [-0.15, -0.1) is 0 Å². The minimum atomic E-state index is -3.77. The van der Waals surface area contributed by atoms with Gasteiger partial charge in [0, 0.05) is 29.2 Å². The lowest BCUT2D eigenvalue weighted by atomic mass is 10.0. The molecule has 0 saturated carbocycles. The Morgan fingerprint density at radius 2 is 1.73 bits per heavy atom. The first-order valence-electron chi connectivity index (χ1n) is 8.80. The van der Waals surface area contributed by atoms with E-state index in [0.717, 1.165) is 22.6 Å². The van der Waals surface area contributed by atoms with Gasteiger partial charge in [0.15, 0.2) is 0 Å². The van der Waals surface area contributed by atoms with E-state index in [4.69, 9.17) is 5.14 Å². The molecule has 0 saturated heterocycles. The number of nitrogens with zero attached hydrogens (tertiary/aromatic N) is 3. The first-order valence-corrected chi connectivity index (χ1v) is 10.4. The summed E-state index contributed by atoms with van der Waals surface area (Å²) in [5.74, 6) is 0. The SMILES string of the molecule is Cc1cc(/C=C(\C#N)c2ccc([N+](=O)[O-])cc2)c(C)n1-c1ccc(S(N)(=O)=O)cc1. The lowest BCUT2D eigenvalue weighted by Gasteiger charge is -2.10. The van der Waals surface area contributed by atoms with Crippen LogP contribution in [0.15, 0.2) is 59.5 Å². The molecule has 8 nitrogen and oxygen atoms in total. The lowest BCUT2D eigenvalue weighted by Crippen LogP contribution is -2.12. The average molecular weight is 422 g/mol. The van der Waals surface area contributed by atoms with Crippen LogP contribution < -0.4 is 5.14 Å². The summed E-state index contributed by atoms with van der Waals surface area (Å²) in [4.78, 5) is 10.4. The second-order valence-electron chi connectivity index (χ2n) is 6.67. The second-order valence-corrected chi connectivity index (χ2v) is 8.24. The normalized spacial score (nSPS) is 11.9. The number of nitriles is 1. The summed E-state index contributed by atoms with van der Waals surface area (Å²) in [6.07, 6.45) is 1.72. The third-order valence-corrected chi connectivity index (χ3v) is 5.63. The van der Waals surface area contributed by atoms with Crippen molar-refractivity contribution in [1.82, 2.24) is 4.57 Å². The van der Waals surface area contributed by atoms with Crippen molar-refractivity contribution in [3.05, 3.63) is 87.2 Å². The highest BCUT2D eigenvalue weighted by atomic mass is 32.2. The number of nitro groups is 1. The number of non-ortho nitro benzene ring substituents is 1. The smallest absolute Gasteiger partial charge is 0.269 e. The highest BCUT2D eigenvalue weighted by molar-refractivity contribution is 7.89. The molecule has 1 aromatic heterocycles. The van der Waals surface area contributed by atoms with Crippen molar-refractivity contribution in [3.8, 4) is 11.8 Å². The molecule has 2 aromatic carbocycles. The summed E-state index contributed by atoms with van der Waals surface area (Å²) in [7, 11) is -3.77. The number of rotatable bonds is 5. The fourth-order valence-corrected chi connectivity index (χ4v) is 3.73. The standard InChI is InChI=1S/C21H18N4O4S/c1-14-11-17(12-18(13-22)16-3-5-20(6-4-16)25(26)27)15(2)24(14)19-7-9-21(10-8-19)30(23,28)29/h3-12H,1-2H3,(H2,23,28,29)/b18-12+. The van der Waals surface area contributed by atoms with Gasteiger partial charge in [-0.1, -0.05) is 0 Å². The number of nitrogens with two attached hydrogens (primary N) is 1. The first-order chi connectivity index (χ1) is 14.1. The van der Waals surface area contributed by atoms with E-state index in [0.29, 0.717) is 11.1 Å². The van der Waals surface area contributed by atoms with Gasteiger partial charge in [-0.2, -0.15) is 5.26 Å². The summed E-state index contributed by atoms with van der Waals surface area (Å²) < 4.78 is 24.9. The van der Waals surface area contributed by atoms with Crippen molar-refractivity contribution in [2.24, 2.45) is 5.14 Å². The van der Waals surface area contributed by atoms with Gasteiger partial charge in [0.25, 0.3) is 5.69 Å². The second kappa shape index (κ2) is 7.94. The number of aromatic nitrogens is 1. The molecule has 0 amide bonds. The third-order valence-electron chi connectivity index (χ3n) is 4.70. The Bertz CT molecular complexity index is 1300. The number of hydrogen-bond donors (Lipinski definition) is 1. The summed E-state index contributed by atoms with van der Waals surface area (Å²) in [5.41, 5.74) is 4.20. The van der Waals surface area contributed by atoms with Gasteiger partial charge < -0.3 is 4.57 Å². The zero-order chi connectivity index (χ0) is 22.1. The van der Waals surface area contributed by atoms with Crippen LogP contribution in [0.4, 0.5) is 5.69 Å². The molecule has 0 bridgehead atoms. The molecule has 152 valence electrons. The highest BCUT2D eigenvalue weighted by Gasteiger charge is 2.13. The Kier molecular flexibility index (Phi) is 5.56. The molecule has 0 aliphatic heterocycles. The zero-order valence-corrected chi connectivity index (χ0v) is 17.1. The number of sulfonamides is 1. The van der Waals surface area contributed by atoms with E-state index in [1.165, 1.54) is 24.3 Å². The predicted octanol–water partition coefficient (Wildman–Crippen LogP) is 3.71. The molecule has 30 heavy (non-hydrogen) atoms. The van der Waals surface area contributed by atoms with Crippen molar-refractivity contribution in [3.63, 3.8) is 0 Å². The Morgan fingerprint density at radius 1 is 1.13 bits per heavy atom. The van der Waals surface area contributed by atoms with Crippen LogP contribution in [-0.4, -0.2) is 17.9 Å². The number of aryl methyl sites for hydroxylation is 1. The minimum absolute atomic E-state index is 0.0266. The summed E-state index contributed by atoms with van der Waals surface area (Å²) >= 11 is 0. The largest absolute Gasteiger partial charge is 0.318 e. The third kappa shape index (κ3) is 4.15. The molecule has 9 heteroatoms. The molecule has 0 unspecified atom stereocenters. The van der Waals surface area contributed by atoms with Gasteiger partial charge in [0.1, 0.15) is 0 Å². The Morgan fingerprint density at radius 3 is 2.23 bits per heavy atom. The van der Waals surface area contributed by atoms with Crippen LogP contribution in [0.2, 0.25) is 0 Å². The minimum Gasteiger partial charge on any atom is -0.318 e. The van der Waals surface area contributed by atoms with Crippen LogP contribution in [-0.2, 0) is 10.0 Å². The number of primary sulfonamides is 1. The molecular weight excluding hydrogens is 404 g/mol. The van der Waals surface area contributed by atoms with Gasteiger partial charge in [-0.25, -0.2) is 13.6 Å². The number of nitro benzene ring substituents is 1. The van der Waals surface area contributed by atoms with Crippen LogP contribution in [0, 0.1) is 35.3 Å². The predicted molar refractivity (Wildman–Crippen MR) is 113 cm³/mol. The molecule has 3 aromatic rings. The van der Waals surface area contributed by atoms with E-state index >= 15 is 0 Å². The van der Waals surface area contributed by atoms with Crippen LogP contribution in [0.1, 0.15) is 22.5 Å². The molecule has 0 atom stereocenters.